The van der Waals surface area contributed by atoms with Crippen molar-refractivity contribution in [1.29, 1.82) is 0 Å². The van der Waals surface area contributed by atoms with Gasteiger partial charge in [-0.25, -0.2) is 4.79 Å². The zero-order valence-electron chi connectivity index (χ0n) is 34.7. The highest BCUT2D eigenvalue weighted by Gasteiger charge is 2.43. The van der Waals surface area contributed by atoms with Gasteiger partial charge < -0.3 is 35.6 Å². The number of nitrogens with two attached hydrogens (primary N) is 1. The maximum absolute atomic E-state index is 14.1. The first kappa shape index (κ1) is 45.6. The Labute approximate surface area is 318 Å². The molecular formula is C41H69N5O7. The van der Waals surface area contributed by atoms with Crippen LogP contribution >= 0.6 is 0 Å². The summed E-state index contributed by atoms with van der Waals surface area (Å²) >= 11 is 0. The number of benzene rings is 1. The quantitative estimate of drug-likeness (QED) is 0.186. The SMILES string of the molecule is CC[C@H](C)[C@@H](C(C)CC(=O)N1CCC[C@H]1[C@H](OC)[C@@H](C)C(=O)N[C@@H](Cc1ccccc1)C(=O)OC(C)(C)C)N(C)C(=O)[C@@H](NC(=O)C(C)(C)N)C(C)C. The first-order valence-corrected chi connectivity index (χ1v) is 19.3. The Balaban J connectivity index is 2.26. The van der Waals surface area contributed by atoms with Crippen molar-refractivity contribution in [2.45, 2.75) is 150 Å². The molecule has 1 aliphatic heterocycles. The van der Waals surface area contributed by atoms with E-state index in [1.807, 2.05) is 56.0 Å². The number of esters is 1. The molecule has 8 atom stereocenters. The van der Waals surface area contributed by atoms with Crippen LogP contribution in [0.15, 0.2) is 30.3 Å². The minimum atomic E-state index is -1.14. The monoisotopic (exact) mass is 744 g/mol. The number of carbonyl (C=O) groups is 5. The number of likely N-dealkylation sites (N-methyl/N-ethyl adjacent to an activating group) is 1. The molecule has 0 aliphatic carbocycles. The predicted octanol–water partition coefficient (Wildman–Crippen LogP) is 4.48. The van der Waals surface area contributed by atoms with Gasteiger partial charge in [0.25, 0.3) is 0 Å². The second-order valence-corrected chi connectivity index (χ2v) is 17.0. The molecule has 0 bridgehead atoms. The van der Waals surface area contributed by atoms with Gasteiger partial charge in [0.05, 0.1) is 23.6 Å². The van der Waals surface area contributed by atoms with Crippen LogP contribution in [0.3, 0.4) is 0 Å². The lowest BCUT2D eigenvalue weighted by molar-refractivity contribution is -0.159. The average molecular weight is 744 g/mol. The predicted molar refractivity (Wildman–Crippen MR) is 207 cm³/mol. The molecule has 1 heterocycles. The molecule has 4 amide bonds. The van der Waals surface area contributed by atoms with Crippen LogP contribution in [0.25, 0.3) is 0 Å². The van der Waals surface area contributed by atoms with Crippen LogP contribution in [-0.4, -0.2) is 102 Å². The second-order valence-electron chi connectivity index (χ2n) is 17.0. The summed E-state index contributed by atoms with van der Waals surface area (Å²) in [6.07, 6.45) is 2.04. The Morgan fingerprint density at radius 1 is 0.962 bits per heavy atom. The number of nitrogens with zero attached hydrogens (tertiary/aromatic N) is 2. The van der Waals surface area contributed by atoms with Gasteiger partial charge in [-0.2, -0.15) is 0 Å². The van der Waals surface area contributed by atoms with Crippen LogP contribution in [-0.2, 0) is 39.9 Å². The lowest BCUT2D eigenvalue weighted by Crippen LogP contribution is -2.59. The minimum Gasteiger partial charge on any atom is -0.458 e. The van der Waals surface area contributed by atoms with Crippen molar-refractivity contribution >= 4 is 29.6 Å². The van der Waals surface area contributed by atoms with Gasteiger partial charge in [0, 0.05) is 39.6 Å². The number of rotatable bonds is 18. The molecule has 53 heavy (non-hydrogen) atoms. The van der Waals surface area contributed by atoms with E-state index in [1.54, 1.807) is 60.6 Å². The third-order valence-corrected chi connectivity index (χ3v) is 10.4. The van der Waals surface area contributed by atoms with Crippen molar-refractivity contribution < 1.29 is 33.4 Å². The van der Waals surface area contributed by atoms with Crippen molar-refractivity contribution in [3.05, 3.63) is 35.9 Å². The van der Waals surface area contributed by atoms with E-state index in [0.717, 1.165) is 18.4 Å². The Morgan fingerprint density at radius 3 is 2.08 bits per heavy atom. The Morgan fingerprint density at radius 2 is 1.57 bits per heavy atom. The summed E-state index contributed by atoms with van der Waals surface area (Å²) in [6, 6.07) is 7.14. The van der Waals surface area contributed by atoms with Gasteiger partial charge in [0.15, 0.2) is 0 Å². The molecule has 12 nitrogen and oxygen atoms in total. The number of likely N-dealkylation sites (tertiary alicyclic amines) is 1. The summed E-state index contributed by atoms with van der Waals surface area (Å²) in [4.78, 5) is 71.5. The van der Waals surface area contributed by atoms with Crippen LogP contribution in [0.5, 0.6) is 0 Å². The van der Waals surface area contributed by atoms with Gasteiger partial charge in [-0.3, -0.25) is 19.2 Å². The first-order valence-electron chi connectivity index (χ1n) is 19.3. The van der Waals surface area contributed by atoms with Gasteiger partial charge >= 0.3 is 5.97 Å². The number of carbonyl (C=O) groups excluding carboxylic acids is 5. The molecule has 0 spiro atoms. The highest BCUT2D eigenvalue weighted by atomic mass is 16.6. The highest BCUT2D eigenvalue weighted by molar-refractivity contribution is 5.92. The molecular weight excluding hydrogens is 674 g/mol. The fraction of sp³-hybridized carbons (Fsp3) is 0.732. The first-order chi connectivity index (χ1) is 24.5. The fourth-order valence-corrected chi connectivity index (χ4v) is 7.29. The van der Waals surface area contributed by atoms with E-state index in [2.05, 4.69) is 24.5 Å². The van der Waals surface area contributed by atoms with Crippen LogP contribution in [0.1, 0.15) is 107 Å². The highest BCUT2D eigenvalue weighted by Crippen LogP contribution is 2.31. The molecule has 1 unspecified atom stereocenters. The van der Waals surface area contributed by atoms with Crippen LogP contribution < -0.4 is 16.4 Å². The van der Waals surface area contributed by atoms with Gasteiger partial charge in [0.1, 0.15) is 17.7 Å². The zero-order chi connectivity index (χ0) is 40.4. The number of hydrogen-bond donors (Lipinski definition) is 3. The summed E-state index contributed by atoms with van der Waals surface area (Å²) < 4.78 is 11.6. The smallest absolute Gasteiger partial charge is 0.329 e. The maximum atomic E-state index is 14.1. The molecule has 1 aromatic rings. The number of ether oxygens (including phenoxy) is 2. The van der Waals surface area contributed by atoms with E-state index >= 15 is 0 Å². The van der Waals surface area contributed by atoms with E-state index < -0.39 is 47.1 Å². The van der Waals surface area contributed by atoms with Crippen molar-refractivity contribution in [3.63, 3.8) is 0 Å². The summed E-state index contributed by atoms with van der Waals surface area (Å²) in [7, 11) is 3.29. The van der Waals surface area contributed by atoms with E-state index in [-0.39, 0.29) is 60.4 Å². The molecule has 1 aliphatic rings. The summed E-state index contributed by atoms with van der Waals surface area (Å²) in [6.45, 7) is 20.7. The summed E-state index contributed by atoms with van der Waals surface area (Å²) in [5.41, 5.74) is 5.03. The molecule has 1 fully saturated rings. The number of methoxy groups -OCH3 is 1. The van der Waals surface area contributed by atoms with Crippen molar-refractivity contribution in [2.24, 2.45) is 29.4 Å². The average Bonchev–Trinajstić information content (AvgIpc) is 3.55. The molecule has 1 aromatic carbocycles. The zero-order valence-corrected chi connectivity index (χ0v) is 34.7. The van der Waals surface area contributed by atoms with Gasteiger partial charge in [-0.15, -0.1) is 0 Å². The van der Waals surface area contributed by atoms with Crippen LogP contribution in [0.4, 0.5) is 0 Å². The third-order valence-electron chi connectivity index (χ3n) is 10.4. The molecule has 1 saturated heterocycles. The normalized spacial score (nSPS) is 19.0. The molecule has 4 N–H and O–H groups in total. The van der Waals surface area contributed by atoms with Crippen LogP contribution in [0.2, 0.25) is 0 Å². The molecule has 300 valence electrons. The van der Waals surface area contributed by atoms with Crippen molar-refractivity contribution in [2.75, 3.05) is 20.7 Å². The maximum Gasteiger partial charge on any atom is 0.329 e. The number of hydrogen-bond acceptors (Lipinski definition) is 8. The van der Waals surface area contributed by atoms with Crippen molar-refractivity contribution in [1.82, 2.24) is 20.4 Å². The van der Waals surface area contributed by atoms with Gasteiger partial charge in [-0.05, 0) is 70.8 Å². The molecule has 12 heteroatoms. The van der Waals surface area contributed by atoms with E-state index in [4.69, 9.17) is 15.2 Å². The lowest BCUT2D eigenvalue weighted by atomic mass is 9.84. The summed E-state index contributed by atoms with van der Waals surface area (Å²) in [5.74, 6) is -2.60. The van der Waals surface area contributed by atoms with Crippen molar-refractivity contribution in [3.8, 4) is 0 Å². The standard InChI is InChI=1S/C41H69N5O7/c1-14-26(4)34(45(12)37(49)33(25(2)3)44-39(51)41(10,11)42)27(5)23-32(47)46-22-18-21-31(46)35(52-13)28(6)36(48)43-30(38(50)53-40(7,8)9)24-29-19-16-15-17-20-29/h15-17,19-20,25-28,30-31,33-35H,14,18,21-24,42H2,1-13H3,(H,43,48)(H,44,51)/t26-,27?,28+,30-,31-,33-,34-,35+/m0/s1. The van der Waals surface area contributed by atoms with E-state index in [1.165, 1.54) is 0 Å². The second kappa shape index (κ2) is 19.7. The van der Waals surface area contributed by atoms with Gasteiger partial charge in [0.2, 0.25) is 23.6 Å². The third kappa shape index (κ3) is 13.1. The minimum absolute atomic E-state index is 0.0693. The van der Waals surface area contributed by atoms with E-state index in [9.17, 15) is 24.0 Å². The Hall–Kier alpha value is -3.51. The lowest BCUT2D eigenvalue weighted by Gasteiger charge is -2.40. The van der Waals surface area contributed by atoms with E-state index in [0.29, 0.717) is 13.0 Å². The van der Waals surface area contributed by atoms with Crippen LogP contribution in [0, 0.1) is 23.7 Å². The number of nitrogens with one attached hydrogen (secondary N) is 2. The summed E-state index contributed by atoms with van der Waals surface area (Å²) in [5, 5.41) is 5.78. The largest absolute Gasteiger partial charge is 0.458 e. The topological polar surface area (TPSA) is 160 Å². The Kier molecular flexibility index (Phi) is 17.0. The number of amides is 4. The molecule has 2 rings (SSSR count). The molecule has 0 saturated carbocycles. The fourth-order valence-electron chi connectivity index (χ4n) is 7.29. The van der Waals surface area contributed by atoms with Gasteiger partial charge in [-0.1, -0.05) is 78.3 Å². The molecule has 0 radical (unpaired) electrons. The molecule has 0 aromatic heterocycles. The Bertz CT molecular complexity index is 1370.